The van der Waals surface area contributed by atoms with Crippen molar-refractivity contribution in [3.05, 3.63) is 41.7 Å². The van der Waals surface area contributed by atoms with Gasteiger partial charge >= 0.3 is 0 Å². The zero-order chi connectivity index (χ0) is 9.84. The molecule has 1 aromatic rings. The van der Waals surface area contributed by atoms with Crippen LogP contribution in [-0.4, -0.2) is 7.11 Å². The van der Waals surface area contributed by atoms with Gasteiger partial charge in [-0.25, -0.2) is 8.78 Å². The molecule has 0 aromatic heterocycles. The van der Waals surface area contributed by atoms with E-state index in [4.69, 9.17) is 4.74 Å². The van der Waals surface area contributed by atoms with E-state index in [1.54, 1.807) is 6.92 Å². The van der Waals surface area contributed by atoms with Crippen LogP contribution in [-0.2, 0) is 4.74 Å². The van der Waals surface area contributed by atoms with Crippen molar-refractivity contribution in [2.75, 3.05) is 7.11 Å². The fourth-order valence-corrected chi connectivity index (χ4v) is 1.03. The standard InChI is InChI=1S/C10H10F2O/c1-7(6-13-2)8-3-9(11)5-10(12)4-8/h3-6H,1-2H3. The third kappa shape index (κ3) is 2.54. The smallest absolute Gasteiger partial charge is 0.126 e. The molecule has 0 spiro atoms. The van der Waals surface area contributed by atoms with Gasteiger partial charge in [-0.05, 0) is 30.2 Å². The van der Waals surface area contributed by atoms with Crippen molar-refractivity contribution in [1.29, 1.82) is 0 Å². The summed E-state index contributed by atoms with van der Waals surface area (Å²) in [5.41, 5.74) is 1.17. The van der Waals surface area contributed by atoms with Gasteiger partial charge in [0.05, 0.1) is 13.4 Å². The number of hydrogen-bond donors (Lipinski definition) is 0. The lowest BCUT2D eigenvalue weighted by atomic mass is 10.1. The first-order valence-corrected chi connectivity index (χ1v) is 3.79. The summed E-state index contributed by atoms with van der Waals surface area (Å²) in [6.07, 6.45) is 1.44. The molecule has 0 fully saturated rings. The molecule has 70 valence electrons. The molecule has 0 saturated heterocycles. The monoisotopic (exact) mass is 184 g/mol. The van der Waals surface area contributed by atoms with E-state index in [0.717, 1.165) is 6.07 Å². The topological polar surface area (TPSA) is 9.23 Å². The van der Waals surface area contributed by atoms with Crippen LogP contribution in [0.3, 0.4) is 0 Å². The molecule has 0 radical (unpaired) electrons. The Balaban J connectivity index is 3.08. The molecule has 0 aliphatic heterocycles. The Morgan fingerprint density at radius 2 is 1.77 bits per heavy atom. The minimum absolute atomic E-state index is 0.486. The number of hydrogen-bond acceptors (Lipinski definition) is 1. The van der Waals surface area contributed by atoms with Crippen LogP contribution in [0.1, 0.15) is 12.5 Å². The van der Waals surface area contributed by atoms with Crippen molar-refractivity contribution < 1.29 is 13.5 Å². The zero-order valence-corrected chi connectivity index (χ0v) is 7.47. The van der Waals surface area contributed by atoms with E-state index in [1.807, 2.05) is 0 Å². The van der Waals surface area contributed by atoms with Gasteiger partial charge in [0, 0.05) is 6.07 Å². The molecule has 0 bridgehead atoms. The molecule has 1 rings (SSSR count). The number of ether oxygens (including phenoxy) is 1. The molecular formula is C10H10F2O. The van der Waals surface area contributed by atoms with Crippen LogP contribution in [0.25, 0.3) is 5.57 Å². The van der Waals surface area contributed by atoms with Gasteiger partial charge < -0.3 is 4.74 Å². The molecule has 0 unspecified atom stereocenters. The predicted molar refractivity (Wildman–Crippen MR) is 47.0 cm³/mol. The highest BCUT2D eigenvalue weighted by Gasteiger charge is 2.01. The summed E-state index contributed by atoms with van der Waals surface area (Å²) < 4.78 is 30.2. The SMILES string of the molecule is COC=C(C)c1cc(F)cc(F)c1. The molecule has 13 heavy (non-hydrogen) atoms. The van der Waals surface area contributed by atoms with Crippen molar-refractivity contribution in [2.45, 2.75) is 6.92 Å². The van der Waals surface area contributed by atoms with Gasteiger partial charge in [-0.1, -0.05) is 0 Å². The normalized spacial score (nSPS) is 11.5. The van der Waals surface area contributed by atoms with E-state index < -0.39 is 11.6 Å². The molecule has 0 heterocycles. The zero-order valence-electron chi connectivity index (χ0n) is 7.47. The van der Waals surface area contributed by atoms with Gasteiger partial charge in [-0.15, -0.1) is 0 Å². The molecule has 3 heteroatoms. The first-order valence-electron chi connectivity index (χ1n) is 3.79. The molecule has 0 amide bonds. The van der Waals surface area contributed by atoms with E-state index in [1.165, 1.54) is 25.5 Å². The molecule has 0 saturated carbocycles. The minimum atomic E-state index is -0.584. The molecule has 1 nitrogen and oxygen atoms in total. The van der Waals surface area contributed by atoms with E-state index in [-0.39, 0.29) is 0 Å². The van der Waals surface area contributed by atoms with E-state index in [9.17, 15) is 8.78 Å². The summed E-state index contributed by atoms with van der Waals surface area (Å²) in [6, 6.07) is 3.35. The van der Waals surface area contributed by atoms with Crippen LogP contribution in [0.4, 0.5) is 8.78 Å². The summed E-state index contributed by atoms with van der Waals surface area (Å²) in [5.74, 6) is -1.17. The van der Waals surface area contributed by atoms with Gasteiger partial charge in [-0.3, -0.25) is 0 Å². The second kappa shape index (κ2) is 4.03. The molecule has 0 aliphatic rings. The van der Waals surface area contributed by atoms with Crippen molar-refractivity contribution in [2.24, 2.45) is 0 Å². The van der Waals surface area contributed by atoms with Crippen LogP contribution in [0.15, 0.2) is 24.5 Å². The highest BCUT2D eigenvalue weighted by molar-refractivity contribution is 5.62. The number of allylic oxidation sites excluding steroid dienone is 1. The fraction of sp³-hybridized carbons (Fsp3) is 0.200. The Kier molecular flexibility index (Phi) is 3.01. The van der Waals surface area contributed by atoms with Gasteiger partial charge in [0.15, 0.2) is 0 Å². The second-order valence-electron chi connectivity index (χ2n) is 2.69. The number of halogens is 2. The summed E-state index contributed by atoms with van der Waals surface area (Å²) in [6.45, 7) is 1.72. The van der Waals surface area contributed by atoms with Crippen LogP contribution < -0.4 is 0 Å². The Morgan fingerprint density at radius 3 is 2.23 bits per heavy atom. The third-order valence-corrected chi connectivity index (χ3v) is 1.61. The maximum Gasteiger partial charge on any atom is 0.126 e. The maximum atomic E-state index is 12.7. The molecule has 1 aromatic carbocycles. The van der Waals surface area contributed by atoms with Crippen molar-refractivity contribution in [1.82, 2.24) is 0 Å². The Bertz CT molecular complexity index is 311. The summed E-state index contributed by atoms with van der Waals surface area (Å²) in [7, 11) is 1.49. The number of methoxy groups -OCH3 is 1. The average molecular weight is 184 g/mol. The highest BCUT2D eigenvalue weighted by Crippen LogP contribution is 2.16. The van der Waals surface area contributed by atoms with Crippen LogP contribution in [0, 0.1) is 11.6 Å². The maximum absolute atomic E-state index is 12.7. The Morgan fingerprint density at radius 1 is 1.23 bits per heavy atom. The largest absolute Gasteiger partial charge is 0.504 e. The van der Waals surface area contributed by atoms with Gasteiger partial charge in [0.2, 0.25) is 0 Å². The highest BCUT2D eigenvalue weighted by atomic mass is 19.1. The number of rotatable bonds is 2. The fourth-order valence-electron chi connectivity index (χ4n) is 1.03. The van der Waals surface area contributed by atoms with E-state index in [2.05, 4.69) is 0 Å². The first-order chi connectivity index (χ1) is 6.13. The Hall–Kier alpha value is -1.38. The van der Waals surface area contributed by atoms with Gasteiger partial charge in [0.25, 0.3) is 0 Å². The second-order valence-corrected chi connectivity index (χ2v) is 2.69. The lowest BCUT2D eigenvalue weighted by Gasteiger charge is -2.01. The lowest BCUT2D eigenvalue weighted by Crippen LogP contribution is -1.86. The van der Waals surface area contributed by atoms with Gasteiger partial charge in [-0.2, -0.15) is 0 Å². The van der Waals surface area contributed by atoms with Crippen LogP contribution >= 0.6 is 0 Å². The molecule has 0 aliphatic carbocycles. The molecule has 0 atom stereocenters. The average Bonchev–Trinajstić information content (AvgIpc) is 2.03. The van der Waals surface area contributed by atoms with Crippen LogP contribution in [0.5, 0.6) is 0 Å². The quantitative estimate of drug-likeness (QED) is 0.642. The predicted octanol–water partition coefficient (Wildman–Crippen LogP) is 2.97. The first kappa shape index (κ1) is 9.71. The number of benzene rings is 1. The summed E-state index contributed by atoms with van der Waals surface area (Å²) in [4.78, 5) is 0. The Labute approximate surface area is 75.6 Å². The van der Waals surface area contributed by atoms with Crippen LogP contribution in [0.2, 0.25) is 0 Å². The van der Waals surface area contributed by atoms with Crippen molar-refractivity contribution >= 4 is 5.57 Å². The summed E-state index contributed by atoms with van der Waals surface area (Å²) >= 11 is 0. The third-order valence-electron chi connectivity index (χ3n) is 1.61. The minimum Gasteiger partial charge on any atom is -0.504 e. The van der Waals surface area contributed by atoms with Gasteiger partial charge in [0.1, 0.15) is 11.6 Å². The molecular weight excluding hydrogens is 174 g/mol. The van der Waals surface area contributed by atoms with E-state index in [0.29, 0.717) is 11.1 Å². The lowest BCUT2D eigenvalue weighted by molar-refractivity contribution is 0.339. The molecule has 0 N–H and O–H groups in total. The van der Waals surface area contributed by atoms with E-state index >= 15 is 0 Å². The van der Waals surface area contributed by atoms with Crippen molar-refractivity contribution in [3.8, 4) is 0 Å². The summed E-state index contributed by atoms with van der Waals surface area (Å²) in [5, 5.41) is 0. The van der Waals surface area contributed by atoms with Crippen molar-refractivity contribution in [3.63, 3.8) is 0 Å².